The van der Waals surface area contributed by atoms with Crippen LogP contribution < -0.4 is 5.43 Å². The summed E-state index contributed by atoms with van der Waals surface area (Å²) in [5, 5.41) is 8.94. The molecule has 0 amide bonds. The third kappa shape index (κ3) is 2.79. The Hall–Kier alpha value is -1.62. The molecule has 5 nitrogen and oxygen atoms in total. The second-order valence-corrected chi connectivity index (χ2v) is 4.74. The monoisotopic (exact) mass is 250 g/mol. The van der Waals surface area contributed by atoms with Crippen LogP contribution in [0.15, 0.2) is 17.1 Å². The van der Waals surface area contributed by atoms with E-state index in [1.54, 1.807) is 0 Å². The Morgan fingerprint density at radius 2 is 2.00 bits per heavy atom. The van der Waals surface area contributed by atoms with Crippen molar-refractivity contribution in [2.24, 2.45) is 0 Å². The van der Waals surface area contributed by atoms with E-state index in [2.05, 4.69) is 4.90 Å². The maximum atomic E-state index is 11.5. The van der Waals surface area contributed by atoms with Gasteiger partial charge in [0.1, 0.15) is 5.56 Å². The molecule has 1 saturated heterocycles. The van der Waals surface area contributed by atoms with E-state index in [4.69, 9.17) is 5.11 Å². The molecule has 1 aromatic heterocycles. The summed E-state index contributed by atoms with van der Waals surface area (Å²) in [7, 11) is 0. The van der Waals surface area contributed by atoms with Gasteiger partial charge in [-0.25, -0.2) is 4.79 Å². The van der Waals surface area contributed by atoms with Gasteiger partial charge in [-0.2, -0.15) is 0 Å². The van der Waals surface area contributed by atoms with E-state index in [1.165, 1.54) is 25.1 Å². The molecule has 98 valence electrons. The van der Waals surface area contributed by atoms with E-state index in [1.807, 2.05) is 11.5 Å². The first-order valence-corrected chi connectivity index (χ1v) is 6.24. The lowest BCUT2D eigenvalue weighted by molar-refractivity contribution is 0.0694. The predicted octanol–water partition coefficient (Wildman–Crippen LogP) is 0.951. The predicted molar refractivity (Wildman–Crippen MR) is 68.1 cm³/mol. The molecule has 1 aromatic rings. The minimum Gasteiger partial charge on any atom is -0.477 e. The SMILES string of the molecule is Cc1cc(=O)c(C(=O)O)cn1CCN1CCCC1. The highest BCUT2D eigenvalue weighted by Crippen LogP contribution is 2.08. The standard InChI is InChI=1S/C13H18N2O3/c1-10-8-12(16)11(13(17)18)9-15(10)7-6-14-4-2-3-5-14/h8-9H,2-7H2,1H3,(H,17,18). The summed E-state index contributed by atoms with van der Waals surface area (Å²) in [5.74, 6) is -1.16. The quantitative estimate of drug-likeness (QED) is 0.864. The molecule has 5 heteroatoms. The molecule has 0 spiro atoms. The van der Waals surface area contributed by atoms with Crippen LogP contribution in [0.5, 0.6) is 0 Å². The van der Waals surface area contributed by atoms with Crippen LogP contribution in [-0.4, -0.2) is 40.2 Å². The average molecular weight is 250 g/mol. The Bertz CT molecular complexity index is 501. The average Bonchev–Trinajstić information content (AvgIpc) is 2.80. The molecular formula is C13H18N2O3. The lowest BCUT2D eigenvalue weighted by Gasteiger charge is -2.17. The van der Waals surface area contributed by atoms with Gasteiger partial charge in [0.2, 0.25) is 0 Å². The van der Waals surface area contributed by atoms with Gasteiger partial charge in [0.05, 0.1) is 0 Å². The van der Waals surface area contributed by atoms with Crippen LogP contribution in [0.4, 0.5) is 0 Å². The van der Waals surface area contributed by atoms with Gasteiger partial charge in [-0.05, 0) is 32.9 Å². The molecule has 1 fully saturated rings. The molecule has 0 atom stereocenters. The summed E-state index contributed by atoms with van der Waals surface area (Å²) in [6.07, 6.45) is 3.93. The Morgan fingerprint density at radius 1 is 1.33 bits per heavy atom. The summed E-state index contributed by atoms with van der Waals surface area (Å²) in [4.78, 5) is 24.8. The molecule has 18 heavy (non-hydrogen) atoms. The van der Waals surface area contributed by atoms with E-state index < -0.39 is 11.4 Å². The van der Waals surface area contributed by atoms with Gasteiger partial charge in [0.15, 0.2) is 5.43 Å². The third-order valence-corrected chi connectivity index (χ3v) is 3.43. The summed E-state index contributed by atoms with van der Waals surface area (Å²) in [6.45, 7) is 5.70. The van der Waals surface area contributed by atoms with Crippen molar-refractivity contribution in [3.05, 3.63) is 33.7 Å². The summed E-state index contributed by atoms with van der Waals surface area (Å²) >= 11 is 0. The molecule has 0 aliphatic carbocycles. The molecular weight excluding hydrogens is 232 g/mol. The Balaban J connectivity index is 2.13. The number of hydrogen-bond donors (Lipinski definition) is 1. The number of carbonyl (C=O) groups is 1. The van der Waals surface area contributed by atoms with Gasteiger partial charge >= 0.3 is 5.97 Å². The highest BCUT2D eigenvalue weighted by Gasteiger charge is 2.13. The third-order valence-electron chi connectivity index (χ3n) is 3.43. The molecule has 0 unspecified atom stereocenters. The van der Waals surface area contributed by atoms with Crippen molar-refractivity contribution in [2.45, 2.75) is 26.3 Å². The maximum Gasteiger partial charge on any atom is 0.341 e. The van der Waals surface area contributed by atoms with E-state index in [-0.39, 0.29) is 5.56 Å². The highest BCUT2D eigenvalue weighted by molar-refractivity contribution is 5.87. The first kappa shape index (κ1) is 12.8. The Kier molecular flexibility index (Phi) is 3.81. The van der Waals surface area contributed by atoms with Crippen molar-refractivity contribution in [3.63, 3.8) is 0 Å². The normalized spacial score (nSPS) is 16.1. The Morgan fingerprint density at radius 3 is 2.61 bits per heavy atom. The number of rotatable bonds is 4. The van der Waals surface area contributed by atoms with Crippen LogP contribution in [-0.2, 0) is 6.54 Å². The number of aryl methyl sites for hydroxylation is 1. The minimum absolute atomic E-state index is 0.151. The topological polar surface area (TPSA) is 62.5 Å². The largest absolute Gasteiger partial charge is 0.477 e. The summed E-state index contributed by atoms with van der Waals surface area (Å²) in [6, 6.07) is 1.40. The highest BCUT2D eigenvalue weighted by atomic mass is 16.4. The van der Waals surface area contributed by atoms with Crippen molar-refractivity contribution in [1.29, 1.82) is 0 Å². The Labute approximate surface area is 106 Å². The smallest absolute Gasteiger partial charge is 0.341 e. The molecule has 2 heterocycles. The number of carboxylic acids is 1. The van der Waals surface area contributed by atoms with Crippen LogP contribution in [0.3, 0.4) is 0 Å². The second kappa shape index (κ2) is 5.35. The minimum atomic E-state index is -1.16. The fourth-order valence-electron chi connectivity index (χ4n) is 2.33. The first-order valence-electron chi connectivity index (χ1n) is 6.24. The van der Waals surface area contributed by atoms with Crippen molar-refractivity contribution in [1.82, 2.24) is 9.47 Å². The molecule has 1 aliphatic heterocycles. The molecule has 0 saturated carbocycles. The van der Waals surface area contributed by atoms with Crippen molar-refractivity contribution < 1.29 is 9.90 Å². The van der Waals surface area contributed by atoms with E-state index in [0.29, 0.717) is 0 Å². The molecule has 1 aliphatic rings. The van der Waals surface area contributed by atoms with Crippen LogP contribution >= 0.6 is 0 Å². The van der Waals surface area contributed by atoms with Gasteiger partial charge < -0.3 is 14.6 Å². The van der Waals surface area contributed by atoms with Gasteiger partial charge in [0, 0.05) is 31.0 Å². The number of aromatic nitrogens is 1. The molecule has 0 bridgehead atoms. The van der Waals surface area contributed by atoms with Gasteiger partial charge in [-0.15, -0.1) is 0 Å². The van der Waals surface area contributed by atoms with E-state index >= 15 is 0 Å². The van der Waals surface area contributed by atoms with E-state index in [0.717, 1.165) is 31.9 Å². The van der Waals surface area contributed by atoms with Crippen molar-refractivity contribution >= 4 is 5.97 Å². The number of nitrogens with zero attached hydrogens (tertiary/aromatic N) is 2. The first-order chi connectivity index (χ1) is 8.58. The number of likely N-dealkylation sites (tertiary alicyclic amines) is 1. The molecule has 0 aromatic carbocycles. The number of aromatic carboxylic acids is 1. The maximum absolute atomic E-state index is 11.5. The zero-order valence-electron chi connectivity index (χ0n) is 10.6. The number of hydrogen-bond acceptors (Lipinski definition) is 3. The van der Waals surface area contributed by atoms with Gasteiger partial charge in [-0.3, -0.25) is 4.79 Å². The summed E-state index contributed by atoms with van der Waals surface area (Å²) < 4.78 is 1.85. The zero-order chi connectivity index (χ0) is 13.1. The zero-order valence-corrected chi connectivity index (χ0v) is 10.6. The van der Waals surface area contributed by atoms with Crippen molar-refractivity contribution in [2.75, 3.05) is 19.6 Å². The van der Waals surface area contributed by atoms with Crippen LogP contribution in [0, 0.1) is 6.92 Å². The molecule has 1 N–H and O–H groups in total. The fraction of sp³-hybridized carbons (Fsp3) is 0.538. The fourth-order valence-corrected chi connectivity index (χ4v) is 2.33. The number of carboxylic acid groups (broad SMARTS) is 1. The van der Waals surface area contributed by atoms with Gasteiger partial charge in [0.25, 0.3) is 0 Å². The van der Waals surface area contributed by atoms with E-state index in [9.17, 15) is 9.59 Å². The molecule has 2 rings (SSSR count). The summed E-state index contributed by atoms with van der Waals surface area (Å²) in [5.41, 5.74) is 0.239. The van der Waals surface area contributed by atoms with Crippen LogP contribution in [0.25, 0.3) is 0 Å². The number of pyridine rings is 1. The van der Waals surface area contributed by atoms with Crippen LogP contribution in [0.2, 0.25) is 0 Å². The van der Waals surface area contributed by atoms with Crippen molar-refractivity contribution in [3.8, 4) is 0 Å². The second-order valence-electron chi connectivity index (χ2n) is 4.74. The molecule has 0 radical (unpaired) electrons. The van der Waals surface area contributed by atoms with Crippen LogP contribution in [0.1, 0.15) is 28.9 Å². The van der Waals surface area contributed by atoms with Gasteiger partial charge in [-0.1, -0.05) is 0 Å². The lowest BCUT2D eigenvalue weighted by atomic mass is 10.2. The lowest BCUT2D eigenvalue weighted by Crippen LogP contribution is -2.26.